The van der Waals surface area contributed by atoms with Crippen LogP contribution in [0.4, 0.5) is 0 Å². The largest absolute Gasteiger partial charge is 0.384 e. The fraction of sp³-hybridized carbons (Fsp3) is 1.00. The van der Waals surface area contributed by atoms with Crippen molar-refractivity contribution in [1.82, 2.24) is 0 Å². The summed E-state index contributed by atoms with van der Waals surface area (Å²) in [5, 5.41) is 10.1. The summed E-state index contributed by atoms with van der Waals surface area (Å²) in [5.41, 5.74) is -0.407. The minimum absolute atomic E-state index is 0.116. The molecule has 0 radical (unpaired) electrons. The van der Waals surface area contributed by atoms with E-state index in [4.69, 9.17) is 4.74 Å². The standard InChI is InChI=1S/C10H22NO2/c1-7-8(11(4,5)6)9(12)10(2,3)13-7/h7-9,12H,1-6H3/q+1/t7?,8?,9-/m0/s1. The number of ether oxygens (including phenoxy) is 1. The summed E-state index contributed by atoms with van der Waals surface area (Å²) in [6, 6.07) is 0.162. The minimum atomic E-state index is -0.407. The Morgan fingerprint density at radius 2 is 1.69 bits per heavy atom. The van der Waals surface area contributed by atoms with Gasteiger partial charge in [-0.05, 0) is 20.8 Å². The van der Waals surface area contributed by atoms with Crippen LogP contribution in [0.1, 0.15) is 20.8 Å². The average Bonchev–Trinajstić information content (AvgIpc) is 1.99. The van der Waals surface area contributed by atoms with Crippen LogP contribution < -0.4 is 0 Å². The lowest BCUT2D eigenvalue weighted by Gasteiger charge is -2.35. The van der Waals surface area contributed by atoms with Gasteiger partial charge in [0, 0.05) is 0 Å². The molecule has 0 spiro atoms. The monoisotopic (exact) mass is 188 g/mol. The Labute approximate surface area is 80.9 Å². The molecule has 0 saturated carbocycles. The maximum Gasteiger partial charge on any atom is 0.144 e. The van der Waals surface area contributed by atoms with Crippen LogP contribution in [0.15, 0.2) is 0 Å². The molecule has 3 atom stereocenters. The number of aliphatic hydroxyl groups excluding tert-OH is 1. The van der Waals surface area contributed by atoms with Gasteiger partial charge in [0.25, 0.3) is 0 Å². The van der Waals surface area contributed by atoms with Gasteiger partial charge in [-0.3, -0.25) is 0 Å². The molecule has 78 valence electrons. The molecule has 3 nitrogen and oxygen atoms in total. The molecule has 0 aromatic rings. The van der Waals surface area contributed by atoms with Gasteiger partial charge in [0.1, 0.15) is 18.2 Å². The highest BCUT2D eigenvalue weighted by atomic mass is 16.5. The number of nitrogens with zero attached hydrogens (tertiary/aromatic N) is 1. The van der Waals surface area contributed by atoms with E-state index in [0.717, 1.165) is 4.48 Å². The molecule has 1 aliphatic heterocycles. The first-order valence-corrected chi connectivity index (χ1v) is 4.83. The zero-order valence-corrected chi connectivity index (χ0v) is 9.53. The molecular formula is C10H22NO2+. The summed E-state index contributed by atoms with van der Waals surface area (Å²) in [4.78, 5) is 0. The molecule has 1 rings (SSSR count). The summed E-state index contributed by atoms with van der Waals surface area (Å²) in [7, 11) is 6.28. The molecule has 13 heavy (non-hydrogen) atoms. The zero-order chi connectivity index (χ0) is 10.4. The third-order valence-corrected chi connectivity index (χ3v) is 2.90. The lowest BCUT2D eigenvalue weighted by Crippen LogP contribution is -2.55. The summed E-state index contributed by atoms with van der Waals surface area (Å²) in [6.07, 6.45) is -0.271. The van der Waals surface area contributed by atoms with Crippen LogP contribution in [-0.2, 0) is 4.74 Å². The summed E-state index contributed by atoms with van der Waals surface area (Å²) < 4.78 is 6.48. The average molecular weight is 188 g/mol. The van der Waals surface area contributed by atoms with Crippen LogP contribution in [0.5, 0.6) is 0 Å². The minimum Gasteiger partial charge on any atom is -0.384 e. The maximum absolute atomic E-state index is 10.1. The second-order valence-corrected chi connectivity index (χ2v) is 5.48. The Kier molecular flexibility index (Phi) is 2.48. The number of likely N-dealkylation sites (N-methyl/N-ethyl adjacent to an activating group) is 1. The molecule has 0 aromatic carbocycles. The lowest BCUT2D eigenvalue weighted by molar-refractivity contribution is -0.900. The molecular weight excluding hydrogens is 166 g/mol. The van der Waals surface area contributed by atoms with E-state index in [1.807, 2.05) is 20.8 Å². The van der Waals surface area contributed by atoms with Gasteiger partial charge in [-0.25, -0.2) is 0 Å². The first-order chi connectivity index (χ1) is 5.66. The van der Waals surface area contributed by atoms with Crippen molar-refractivity contribution in [2.24, 2.45) is 0 Å². The first-order valence-electron chi connectivity index (χ1n) is 4.83. The van der Waals surface area contributed by atoms with Crippen molar-refractivity contribution in [3.8, 4) is 0 Å². The topological polar surface area (TPSA) is 29.5 Å². The molecule has 0 aliphatic carbocycles. The fourth-order valence-electron chi connectivity index (χ4n) is 2.34. The second kappa shape index (κ2) is 2.94. The van der Waals surface area contributed by atoms with Gasteiger partial charge in [-0.15, -0.1) is 0 Å². The number of hydrogen-bond donors (Lipinski definition) is 1. The Morgan fingerprint density at radius 3 is 1.85 bits per heavy atom. The molecule has 1 fully saturated rings. The van der Waals surface area contributed by atoms with Crippen molar-refractivity contribution in [3.63, 3.8) is 0 Å². The van der Waals surface area contributed by atoms with Crippen molar-refractivity contribution in [2.45, 2.75) is 44.6 Å². The zero-order valence-electron chi connectivity index (χ0n) is 9.53. The van der Waals surface area contributed by atoms with E-state index >= 15 is 0 Å². The summed E-state index contributed by atoms with van der Waals surface area (Å²) in [6.45, 7) is 5.93. The summed E-state index contributed by atoms with van der Waals surface area (Å²) in [5.74, 6) is 0. The number of hydrogen-bond acceptors (Lipinski definition) is 2. The fourth-order valence-corrected chi connectivity index (χ4v) is 2.34. The van der Waals surface area contributed by atoms with E-state index in [1.54, 1.807) is 0 Å². The molecule has 1 saturated heterocycles. The van der Waals surface area contributed by atoms with E-state index in [1.165, 1.54) is 0 Å². The molecule has 0 amide bonds. The van der Waals surface area contributed by atoms with Crippen LogP contribution in [0.3, 0.4) is 0 Å². The normalized spacial score (nSPS) is 39.5. The summed E-state index contributed by atoms with van der Waals surface area (Å²) >= 11 is 0. The van der Waals surface area contributed by atoms with Gasteiger partial charge < -0.3 is 14.3 Å². The molecule has 3 heteroatoms. The molecule has 2 unspecified atom stereocenters. The molecule has 0 aromatic heterocycles. The molecule has 1 N–H and O–H groups in total. The predicted molar refractivity (Wildman–Crippen MR) is 52.5 cm³/mol. The highest BCUT2D eigenvalue weighted by Crippen LogP contribution is 2.34. The Morgan fingerprint density at radius 1 is 1.23 bits per heavy atom. The number of rotatable bonds is 1. The van der Waals surface area contributed by atoms with Crippen molar-refractivity contribution in [2.75, 3.05) is 21.1 Å². The van der Waals surface area contributed by atoms with Gasteiger partial charge in [0.2, 0.25) is 0 Å². The van der Waals surface area contributed by atoms with Crippen molar-refractivity contribution in [3.05, 3.63) is 0 Å². The number of aliphatic hydroxyl groups is 1. The highest BCUT2D eigenvalue weighted by Gasteiger charge is 2.53. The van der Waals surface area contributed by atoms with Crippen LogP contribution >= 0.6 is 0 Å². The van der Waals surface area contributed by atoms with Crippen LogP contribution in [-0.4, -0.2) is 54.6 Å². The predicted octanol–water partition coefficient (Wildman–Crippen LogP) is 0.619. The van der Waals surface area contributed by atoms with Gasteiger partial charge in [0.05, 0.1) is 26.7 Å². The van der Waals surface area contributed by atoms with E-state index in [-0.39, 0.29) is 18.2 Å². The van der Waals surface area contributed by atoms with Gasteiger partial charge in [0.15, 0.2) is 0 Å². The van der Waals surface area contributed by atoms with Crippen molar-refractivity contribution < 1.29 is 14.3 Å². The quantitative estimate of drug-likeness (QED) is 0.611. The Balaban J connectivity index is 2.89. The SMILES string of the molecule is CC1OC(C)(C)[C@@H](O)C1[N+](C)(C)C. The molecule has 0 bridgehead atoms. The second-order valence-electron chi connectivity index (χ2n) is 5.48. The number of quaternary nitrogens is 1. The maximum atomic E-state index is 10.1. The molecule has 1 aliphatic rings. The first kappa shape index (κ1) is 11.0. The van der Waals surface area contributed by atoms with E-state index < -0.39 is 5.60 Å². The van der Waals surface area contributed by atoms with E-state index in [9.17, 15) is 5.11 Å². The van der Waals surface area contributed by atoms with Crippen molar-refractivity contribution in [1.29, 1.82) is 0 Å². The Bertz CT molecular complexity index is 196. The third-order valence-electron chi connectivity index (χ3n) is 2.90. The third kappa shape index (κ3) is 1.87. The lowest BCUT2D eigenvalue weighted by atomic mass is 9.95. The Hall–Kier alpha value is -0.120. The smallest absolute Gasteiger partial charge is 0.144 e. The van der Waals surface area contributed by atoms with Gasteiger partial charge in [-0.1, -0.05) is 0 Å². The van der Waals surface area contributed by atoms with Crippen LogP contribution in [0.2, 0.25) is 0 Å². The van der Waals surface area contributed by atoms with E-state index in [0.29, 0.717) is 0 Å². The molecule has 1 heterocycles. The van der Waals surface area contributed by atoms with Crippen LogP contribution in [0.25, 0.3) is 0 Å². The van der Waals surface area contributed by atoms with Crippen LogP contribution in [0, 0.1) is 0 Å². The van der Waals surface area contributed by atoms with E-state index in [2.05, 4.69) is 21.1 Å². The van der Waals surface area contributed by atoms with Crippen molar-refractivity contribution >= 4 is 0 Å². The van der Waals surface area contributed by atoms with Gasteiger partial charge >= 0.3 is 0 Å². The highest BCUT2D eigenvalue weighted by molar-refractivity contribution is 4.95. The van der Waals surface area contributed by atoms with Gasteiger partial charge in [-0.2, -0.15) is 0 Å².